The molecule has 2 aliphatic heterocycles. The lowest BCUT2D eigenvalue weighted by Crippen LogP contribution is -2.31. The van der Waals surface area contributed by atoms with Crippen molar-refractivity contribution in [2.45, 2.75) is 25.2 Å². The van der Waals surface area contributed by atoms with Gasteiger partial charge in [-0.1, -0.05) is 24.3 Å². The topological polar surface area (TPSA) is 69.7 Å². The summed E-state index contributed by atoms with van der Waals surface area (Å²) in [6, 6.07) is 15.7. The smallest absolute Gasteiger partial charge is 0.257 e. The molecule has 0 aliphatic carbocycles. The molecule has 0 radical (unpaired) electrons. The highest BCUT2D eigenvalue weighted by molar-refractivity contribution is 6.05. The zero-order valence-corrected chi connectivity index (χ0v) is 17.2. The Hall–Kier alpha value is -3.16. The Morgan fingerprint density at radius 3 is 2.61 bits per heavy atom. The molecule has 2 atom stereocenters. The second-order valence-electron chi connectivity index (χ2n) is 8.33. The van der Waals surface area contributed by atoms with E-state index >= 15 is 0 Å². The van der Waals surface area contributed by atoms with Crippen LogP contribution in [-0.2, 0) is 9.47 Å². The predicted molar refractivity (Wildman–Crippen MR) is 115 cm³/mol. The van der Waals surface area contributed by atoms with Gasteiger partial charge in [0.2, 0.25) is 0 Å². The zero-order chi connectivity index (χ0) is 20.9. The first kappa shape index (κ1) is 18.6. The number of amides is 1. The van der Waals surface area contributed by atoms with Crippen molar-refractivity contribution in [3.63, 3.8) is 0 Å². The lowest BCUT2D eigenvalue weighted by atomic mass is 10.1. The van der Waals surface area contributed by atoms with E-state index in [0.717, 1.165) is 22.2 Å². The molecule has 7 nitrogen and oxygen atoms in total. The minimum Gasteiger partial charge on any atom is -0.461 e. The van der Waals surface area contributed by atoms with E-state index in [9.17, 15) is 4.79 Å². The monoisotopic (exact) mass is 417 g/mol. The fraction of sp³-hybridized carbons (Fsp3) is 0.333. The molecular formula is C24H23N3O4. The van der Waals surface area contributed by atoms with Crippen LogP contribution in [0.1, 0.15) is 22.2 Å². The number of likely N-dealkylation sites (tertiary alicyclic amines) is 1. The number of fused-ring (bicyclic) bond motifs is 3. The molecule has 2 aliphatic rings. The summed E-state index contributed by atoms with van der Waals surface area (Å²) >= 11 is 0. The Balaban J connectivity index is 1.19. The van der Waals surface area contributed by atoms with Gasteiger partial charge in [0.25, 0.3) is 5.91 Å². The summed E-state index contributed by atoms with van der Waals surface area (Å²) in [5.41, 5.74) is 3.27. The Kier molecular flexibility index (Phi) is 4.33. The van der Waals surface area contributed by atoms with Crippen LogP contribution < -0.4 is 0 Å². The number of carbonyl (C=O) groups is 1. The van der Waals surface area contributed by atoms with Crippen molar-refractivity contribution >= 4 is 27.9 Å². The van der Waals surface area contributed by atoms with Gasteiger partial charge in [0.05, 0.1) is 42.2 Å². The number of hydrogen-bond donors (Lipinski definition) is 0. The molecule has 2 saturated heterocycles. The van der Waals surface area contributed by atoms with Gasteiger partial charge in [0, 0.05) is 18.5 Å². The Labute approximate surface area is 179 Å². The van der Waals surface area contributed by atoms with Crippen LogP contribution in [0.3, 0.4) is 0 Å². The van der Waals surface area contributed by atoms with Gasteiger partial charge in [0.15, 0.2) is 0 Å². The largest absolute Gasteiger partial charge is 0.461 e. The first-order valence-corrected chi connectivity index (χ1v) is 10.6. The lowest BCUT2D eigenvalue weighted by molar-refractivity contribution is -0.00461. The Morgan fingerprint density at radius 2 is 1.81 bits per heavy atom. The third kappa shape index (κ3) is 3.12. The number of ether oxygens (including phenoxy) is 2. The molecule has 2 aromatic carbocycles. The van der Waals surface area contributed by atoms with Crippen molar-refractivity contribution in [2.24, 2.45) is 0 Å². The van der Waals surface area contributed by atoms with Crippen LogP contribution in [0.4, 0.5) is 0 Å². The quantitative estimate of drug-likeness (QED) is 0.499. The second-order valence-corrected chi connectivity index (χ2v) is 8.33. The number of para-hydroxylation sites is 3. The number of aryl methyl sites for hydroxylation is 1. The molecule has 0 N–H and O–H groups in total. The third-order valence-corrected chi connectivity index (χ3v) is 6.28. The minimum atomic E-state index is -0.138. The van der Waals surface area contributed by atoms with Crippen molar-refractivity contribution in [1.82, 2.24) is 14.5 Å². The van der Waals surface area contributed by atoms with Gasteiger partial charge < -0.3 is 23.4 Å². The molecule has 31 heavy (non-hydrogen) atoms. The highest BCUT2D eigenvalue weighted by Gasteiger charge is 2.40. The van der Waals surface area contributed by atoms with Gasteiger partial charge in [-0.15, -0.1) is 0 Å². The molecule has 7 heteroatoms. The number of benzene rings is 2. The van der Waals surface area contributed by atoms with Gasteiger partial charge in [-0.05, 0) is 31.2 Å². The summed E-state index contributed by atoms with van der Waals surface area (Å²) in [4.78, 5) is 19.5. The van der Waals surface area contributed by atoms with Crippen molar-refractivity contribution in [1.29, 1.82) is 0 Å². The average Bonchev–Trinajstić information content (AvgIpc) is 3.46. The number of nitrogens with zero attached hydrogens (tertiary/aromatic N) is 3. The van der Waals surface area contributed by atoms with E-state index in [1.54, 1.807) is 0 Å². The number of imidazole rings is 1. The van der Waals surface area contributed by atoms with Gasteiger partial charge in [-0.3, -0.25) is 4.79 Å². The number of rotatable bonds is 2. The fourth-order valence-corrected chi connectivity index (χ4v) is 4.71. The van der Waals surface area contributed by atoms with Crippen molar-refractivity contribution in [2.75, 3.05) is 26.3 Å². The standard InChI is InChI=1S/C24H23N3O4/c1-15-9-16-5-4-6-18(23(16)31-15)24(28)26-10-21-22(11-26)30-13-17(12-29-21)27-14-25-19-7-2-3-8-20(19)27/h2-9,14,17,21-22H,10-13H2,1H3/t21-,22-/m0/s1. The first-order chi connectivity index (χ1) is 15.2. The molecule has 4 aromatic rings. The summed E-state index contributed by atoms with van der Waals surface area (Å²) in [7, 11) is 0. The van der Waals surface area contributed by atoms with Gasteiger partial charge in [-0.25, -0.2) is 4.98 Å². The van der Waals surface area contributed by atoms with E-state index in [-0.39, 0.29) is 24.2 Å². The average molecular weight is 417 g/mol. The predicted octanol–water partition coefficient (Wildman–Crippen LogP) is 3.57. The molecule has 2 aromatic heterocycles. The van der Waals surface area contributed by atoms with Crippen molar-refractivity contribution in [3.8, 4) is 0 Å². The highest BCUT2D eigenvalue weighted by atomic mass is 16.6. The summed E-state index contributed by atoms with van der Waals surface area (Å²) < 4.78 is 20.4. The number of carbonyl (C=O) groups excluding carboxylic acids is 1. The van der Waals surface area contributed by atoms with E-state index in [4.69, 9.17) is 13.9 Å². The van der Waals surface area contributed by atoms with E-state index in [1.165, 1.54) is 0 Å². The van der Waals surface area contributed by atoms with E-state index < -0.39 is 0 Å². The maximum Gasteiger partial charge on any atom is 0.257 e. The van der Waals surface area contributed by atoms with Crippen LogP contribution in [0.5, 0.6) is 0 Å². The Bertz CT molecular complexity index is 1260. The van der Waals surface area contributed by atoms with Crippen LogP contribution in [0.25, 0.3) is 22.0 Å². The molecule has 0 unspecified atom stereocenters. The fourth-order valence-electron chi connectivity index (χ4n) is 4.71. The maximum absolute atomic E-state index is 13.2. The Morgan fingerprint density at radius 1 is 1.03 bits per heavy atom. The number of hydrogen-bond acceptors (Lipinski definition) is 5. The van der Waals surface area contributed by atoms with E-state index in [2.05, 4.69) is 15.6 Å². The van der Waals surface area contributed by atoms with Gasteiger partial charge in [-0.2, -0.15) is 0 Å². The minimum absolute atomic E-state index is 0.0441. The normalized spacial score (nSPS) is 22.2. The first-order valence-electron chi connectivity index (χ1n) is 10.6. The molecule has 158 valence electrons. The number of aromatic nitrogens is 2. The molecule has 0 saturated carbocycles. The molecule has 4 heterocycles. The van der Waals surface area contributed by atoms with E-state index in [0.29, 0.717) is 37.4 Å². The summed E-state index contributed by atoms with van der Waals surface area (Å²) in [5, 5.41) is 0.944. The molecule has 6 rings (SSSR count). The molecule has 2 fully saturated rings. The van der Waals surface area contributed by atoms with Crippen molar-refractivity contribution in [3.05, 3.63) is 66.2 Å². The van der Waals surface area contributed by atoms with E-state index in [1.807, 2.05) is 60.6 Å². The van der Waals surface area contributed by atoms with Crippen LogP contribution in [0.2, 0.25) is 0 Å². The van der Waals surface area contributed by atoms with Crippen LogP contribution in [-0.4, -0.2) is 58.9 Å². The lowest BCUT2D eigenvalue weighted by Gasteiger charge is -2.20. The van der Waals surface area contributed by atoms with Gasteiger partial charge in [0.1, 0.15) is 23.6 Å². The third-order valence-electron chi connectivity index (χ3n) is 6.28. The van der Waals surface area contributed by atoms with Gasteiger partial charge >= 0.3 is 0 Å². The van der Waals surface area contributed by atoms with Crippen LogP contribution in [0.15, 0.2) is 59.3 Å². The van der Waals surface area contributed by atoms with Crippen molar-refractivity contribution < 1.29 is 18.7 Å². The van der Waals surface area contributed by atoms with Crippen LogP contribution in [0, 0.1) is 6.92 Å². The summed E-state index contributed by atoms with van der Waals surface area (Å²) in [6.45, 7) is 3.96. The zero-order valence-electron chi connectivity index (χ0n) is 17.2. The molecule has 1 amide bonds. The molecule has 0 bridgehead atoms. The van der Waals surface area contributed by atoms with Crippen LogP contribution >= 0.6 is 0 Å². The number of furan rings is 1. The second kappa shape index (κ2) is 7.21. The highest BCUT2D eigenvalue weighted by Crippen LogP contribution is 2.29. The SMILES string of the molecule is Cc1cc2cccc(C(=O)N3C[C@@H]4OCC(n5cnc6ccccc65)CO[C@H]4C3)c2o1. The maximum atomic E-state index is 13.2. The summed E-state index contributed by atoms with van der Waals surface area (Å²) in [6.07, 6.45) is 1.58. The summed E-state index contributed by atoms with van der Waals surface area (Å²) in [5.74, 6) is 0.754. The molecule has 0 spiro atoms. The molecular weight excluding hydrogens is 394 g/mol.